The van der Waals surface area contributed by atoms with Gasteiger partial charge in [-0.1, -0.05) is 12.1 Å². The molecule has 26 heavy (non-hydrogen) atoms. The number of methoxy groups -OCH3 is 1. The van der Waals surface area contributed by atoms with E-state index in [2.05, 4.69) is 25.7 Å². The van der Waals surface area contributed by atoms with Gasteiger partial charge in [-0.2, -0.15) is 5.26 Å². The smallest absolute Gasteiger partial charge is 0.150 e. The Kier molecular flexibility index (Phi) is 4.87. The first-order valence-corrected chi connectivity index (χ1v) is 9.11. The number of aromatic nitrogens is 3. The molecule has 1 aromatic heterocycles. The number of rotatable bonds is 6. The average Bonchev–Trinajstić information content (AvgIpc) is 3.37. The Morgan fingerprint density at radius 2 is 2.19 bits per heavy atom. The van der Waals surface area contributed by atoms with E-state index in [-0.39, 0.29) is 12.1 Å². The van der Waals surface area contributed by atoms with E-state index in [1.165, 1.54) is 0 Å². The second-order valence-electron chi connectivity index (χ2n) is 6.79. The molecule has 4 rings (SSSR count). The predicted octanol–water partition coefficient (Wildman–Crippen LogP) is 1.94. The van der Waals surface area contributed by atoms with Crippen LogP contribution in [0.5, 0.6) is 5.75 Å². The summed E-state index contributed by atoms with van der Waals surface area (Å²) in [7, 11) is 1.76. The molecule has 2 aliphatic heterocycles. The number of nitriles is 1. The Bertz CT molecular complexity index is 813. The third-order valence-corrected chi connectivity index (χ3v) is 5.28. The van der Waals surface area contributed by atoms with Gasteiger partial charge >= 0.3 is 0 Å². The van der Waals surface area contributed by atoms with Crippen LogP contribution in [0.4, 0.5) is 0 Å². The fraction of sp³-hybridized carbons (Fsp3) is 0.526. The van der Waals surface area contributed by atoms with Crippen molar-refractivity contribution in [1.29, 1.82) is 5.26 Å². The average molecular weight is 353 g/mol. The van der Waals surface area contributed by atoms with Crippen molar-refractivity contribution in [3.05, 3.63) is 41.5 Å². The Labute approximate surface area is 153 Å². The molecule has 2 atom stereocenters. The lowest BCUT2D eigenvalue weighted by molar-refractivity contribution is 0.105. The van der Waals surface area contributed by atoms with Gasteiger partial charge < -0.3 is 14.0 Å². The highest BCUT2D eigenvalue weighted by atomic mass is 16.5. The molecular weight excluding hydrogens is 330 g/mol. The molecule has 0 bridgehead atoms. The number of benzene rings is 1. The molecule has 7 heteroatoms. The van der Waals surface area contributed by atoms with E-state index in [4.69, 9.17) is 9.47 Å². The predicted molar refractivity (Wildman–Crippen MR) is 94.7 cm³/mol. The van der Waals surface area contributed by atoms with Gasteiger partial charge in [-0.3, -0.25) is 4.90 Å². The molecule has 0 spiro atoms. The standard InChI is InChI=1S/C19H23N5O2/c1-25-15-11-16(19-22-21-18-7-4-8-24(18)19)23(13-15)9-10-26-17-6-3-2-5-14(17)12-20/h2-3,5-6,15-16H,4,7-11,13H2,1H3/t15-,16+/m1/s1. The summed E-state index contributed by atoms with van der Waals surface area (Å²) in [6, 6.07) is 9.71. The highest BCUT2D eigenvalue weighted by molar-refractivity contribution is 5.42. The van der Waals surface area contributed by atoms with Crippen LogP contribution in [0, 0.1) is 11.3 Å². The van der Waals surface area contributed by atoms with E-state index in [0.717, 1.165) is 50.5 Å². The quantitative estimate of drug-likeness (QED) is 0.790. The second-order valence-corrected chi connectivity index (χ2v) is 6.79. The van der Waals surface area contributed by atoms with Gasteiger partial charge in [-0.15, -0.1) is 10.2 Å². The summed E-state index contributed by atoms with van der Waals surface area (Å²) in [4.78, 5) is 2.36. The molecule has 0 saturated carbocycles. The summed E-state index contributed by atoms with van der Waals surface area (Å²) in [6.07, 6.45) is 3.28. The largest absolute Gasteiger partial charge is 0.491 e. The molecule has 1 saturated heterocycles. The van der Waals surface area contributed by atoms with Gasteiger partial charge in [0.25, 0.3) is 0 Å². The number of hydrogen-bond donors (Lipinski definition) is 0. The summed E-state index contributed by atoms with van der Waals surface area (Å²) in [6.45, 7) is 3.14. The molecule has 2 aromatic rings. The maximum Gasteiger partial charge on any atom is 0.150 e. The third-order valence-electron chi connectivity index (χ3n) is 5.28. The summed E-state index contributed by atoms with van der Waals surface area (Å²) in [5, 5.41) is 18.0. The first kappa shape index (κ1) is 17.0. The van der Waals surface area contributed by atoms with Crippen LogP contribution in [-0.2, 0) is 17.7 Å². The van der Waals surface area contributed by atoms with Crippen molar-refractivity contribution in [1.82, 2.24) is 19.7 Å². The Hall–Kier alpha value is -2.43. The van der Waals surface area contributed by atoms with Gasteiger partial charge in [-0.05, 0) is 25.0 Å². The molecule has 0 radical (unpaired) electrons. The first-order chi connectivity index (χ1) is 12.8. The van der Waals surface area contributed by atoms with Crippen molar-refractivity contribution in [3.8, 4) is 11.8 Å². The Morgan fingerprint density at radius 3 is 3.04 bits per heavy atom. The Balaban J connectivity index is 1.44. The summed E-state index contributed by atoms with van der Waals surface area (Å²) in [5.74, 6) is 2.78. The van der Waals surface area contributed by atoms with E-state index in [1.54, 1.807) is 13.2 Å². The fourth-order valence-electron chi connectivity index (χ4n) is 3.93. The molecule has 0 N–H and O–H groups in total. The summed E-state index contributed by atoms with van der Waals surface area (Å²) in [5.41, 5.74) is 0.565. The van der Waals surface area contributed by atoms with E-state index < -0.39 is 0 Å². The number of para-hydroxylation sites is 1. The minimum atomic E-state index is 0.195. The SMILES string of the molecule is CO[C@@H]1C[C@@H](c2nnc3n2CCC3)N(CCOc2ccccc2C#N)C1. The maximum absolute atomic E-state index is 9.18. The number of fused-ring (bicyclic) bond motifs is 1. The molecule has 2 aliphatic rings. The number of aryl methyl sites for hydroxylation is 1. The Morgan fingerprint density at radius 1 is 1.31 bits per heavy atom. The van der Waals surface area contributed by atoms with Crippen LogP contribution in [-0.4, -0.2) is 52.6 Å². The lowest BCUT2D eigenvalue weighted by Gasteiger charge is -2.23. The lowest BCUT2D eigenvalue weighted by atomic mass is 10.2. The highest BCUT2D eigenvalue weighted by Gasteiger charge is 2.37. The van der Waals surface area contributed by atoms with Crippen LogP contribution in [0.3, 0.4) is 0 Å². The van der Waals surface area contributed by atoms with Gasteiger partial charge in [0.15, 0.2) is 5.82 Å². The molecule has 7 nitrogen and oxygen atoms in total. The second kappa shape index (κ2) is 7.44. The van der Waals surface area contributed by atoms with E-state index in [0.29, 0.717) is 17.9 Å². The molecule has 0 unspecified atom stereocenters. The van der Waals surface area contributed by atoms with Crippen LogP contribution in [0.25, 0.3) is 0 Å². The number of hydrogen-bond acceptors (Lipinski definition) is 6. The first-order valence-electron chi connectivity index (χ1n) is 9.11. The molecule has 0 aliphatic carbocycles. The highest BCUT2D eigenvalue weighted by Crippen LogP contribution is 2.33. The molecular formula is C19H23N5O2. The van der Waals surface area contributed by atoms with Crippen molar-refractivity contribution in [2.75, 3.05) is 26.8 Å². The minimum Gasteiger partial charge on any atom is -0.491 e. The third kappa shape index (κ3) is 3.18. The zero-order chi connectivity index (χ0) is 17.9. The van der Waals surface area contributed by atoms with E-state index in [1.807, 2.05) is 18.2 Å². The zero-order valence-electron chi connectivity index (χ0n) is 15.0. The van der Waals surface area contributed by atoms with Crippen molar-refractivity contribution in [3.63, 3.8) is 0 Å². The molecule has 1 fully saturated rings. The maximum atomic E-state index is 9.18. The molecule has 3 heterocycles. The van der Waals surface area contributed by atoms with Gasteiger partial charge in [0.05, 0.1) is 17.7 Å². The minimum absolute atomic E-state index is 0.195. The van der Waals surface area contributed by atoms with Gasteiger partial charge in [0, 0.05) is 33.2 Å². The van der Waals surface area contributed by atoms with Crippen LogP contribution in [0.1, 0.15) is 36.1 Å². The zero-order valence-corrected chi connectivity index (χ0v) is 15.0. The fourth-order valence-corrected chi connectivity index (χ4v) is 3.93. The summed E-state index contributed by atoms with van der Waals surface area (Å²) < 4.78 is 13.7. The monoisotopic (exact) mass is 353 g/mol. The number of nitrogens with zero attached hydrogens (tertiary/aromatic N) is 5. The molecule has 0 amide bonds. The van der Waals surface area contributed by atoms with Crippen molar-refractivity contribution < 1.29 is 9.47 Å². The van der Waals surface area contributed by atoms with Crippen LogP contribution in [0.2, 0.25) is 0 Å². The summed E-state index contributed by atoms with van der Waals surface area (Å²) >= 11 is 0. The molecule has 1 aromatic carbocycles. The van der Waals surface area contributed by atoms with E-state index >= 15 is 0 Å². The van der Waals surface area contributed by atoms with Gasteiger partial charge in [0.1, 0.15) is 24.3 Å². The van der Waals surface area contributed by atoms with Gasteiger partial charge in [0.2, 0.25) is 0 Å². The lowest BCUT2D eigenvalue weighted by Crippen LogP contribution is -2.31. The van der Waals surface area contributed by atoms with Crippen LogP contribution in [0.15, 0.2) is 24.3 Å². The van der Waals surface area contributed by atoms with Crippen LogP contribution < -0.4 is 4.74 Å². The number of ether oxygens (including phenoxy) is 2. The van der Waals surface area contributed by atoms with E-state index in [9.17, 15) is 5.26 Å². The van der Waals surface area contributed by atoms with Crippen molar-refractivity contribution in [2.45, 2.75) is 38.0 Å². The normalized spacial score (nSPS) is 22.3. The van der Waals surface area contributed by atoms with Gasteiger partial charge in [-0.25, -0.2) is 0 Å². The van der Waals surface area contributed by atoms with Crippen molar-refractivity contribution >= 4 is 0 Å². The van der Waals surface area contributed by atoms with Crippen molar-refractivity contribution in [2.24, 2.45) is 0 Å². The topological polar surface area (TPSA) is 76.2 Å². The van der Waals surface area contributed by atoms with Crippen LogP contribution >= 0.6 is 0 Å². The molecule has 136 valence electrons. The number of likely N-dealkylation sites (tertiary alicyclic amines) is 1.